The highest BCUT2D eigenvalue weighted by Crippen LogP contribution is 2.24. The molecule has 0 aliphatic carbocycles. The van der Waals surface area contributed by atoms with Crippen LogP contribution < -0.4 is 10.5 Å². The molecule has 0 aliphatic heterocycles. The number of carbonyl (C=O) groups is 1. The third kappa shape index (κ3) is 3.75. The van der Waals surface area contributed by atoms with Gasteiger partial charge in [0.15, 0.2) is 11.6 Å². The van der Waals surface area contributed by atoms with Gasteiger partial charge in [-0.1, -0.05) is 13.0 Å². The minimum atomic E-state index is -0.616. The number of nitrogen functional groups attached to an aromatic ring is 1. The summed E-state index contributed by atoms with van der Waals surface area (Å²) in [4.78, 5) is 11.1. The van der Waals surface area contributed by atoms with Crippen LogP contribution in [0.1, 0.15) is 19.8 Å². The number of benzene rings is 1. The fourth-order valence-corrected chi connectivity index (χ4v) is 1.00. The normalized spacial score (nSPS) is 9.20. The molecule has 0 heterocycles. The minimum absolute atomic E-state index is 0. The molecule has 0 amide bonds. The van der Waals surface area contributed by atoms with Crippen molar-refractivity contribution in [2.24, 2.45) is 0 Å². The summed E-state index contributed by atoms with van der Waals surface area (Å²) in [6.07, 6.45) is 0.918. The monoisotopic (exact) mass is 233 g/mol. The maximum Gasteiger partial charge on any atom is 0.311 e. The molecule has 84 valence electrons. The first-order valence-electron chi connectivity index (χ1n) is 4.39. The van der Waals surface area contributed by atoms with E-state index in [1.165, 1.54) is 18.2 Å². The van der Waals surface area contributed by atoms with Gasteiger partial charge in [-0.25, -0.2) is 4.39 Å². The van der Waals surface area contributed by atoms with Crippen LogP contribution in [0.5, 0.6) is 5.75 Å². The fourth-order valence-electron chi connectivity index (χ4n) is 1.00. The Balaban J connectivity index is 0.00000196. The number of halogens is 2. The third-order valence-corrected chi connectivity index (χ3v) is 1.67. The van der Waals surface area contributed by atoms with Gasteiger partial charge in [0, 0.05) is 6.42 Å². The Labute approximate surface area is 93.8 Å². The van der Waals surface area contributed by atoms with Gasteiger partial charge in [0.2, 0.25) is 0 Å². The average molecular weight is 234 g/mol. The van der Waals surface area contributed by atoms with E-state index >= 15 is 0 Å². The van der Waals surface area contributed by atoms with Crippen LogP contribution in [0.25, 0.3) is 0 Å². The van der Waals surface area contributed by atoms with E-state index in [1.807, 2.05) is 6.92 Å². The standard InChI is InChI=1S/C10H12FNO2.ClH/c1-2-4-9(13)14-10-7(11)5-3-6-8(10)12;/h3,5-6H,2,4,12H2,1H3;1H. The molecule has 5 heteroatoms. The Hall–Kier alpha value is -1.29. The van der Waals surface area contributed by atoms with Crippen molar-refractivity contribution in [2.45, 2.75) is 19.8 Å². The van der Waals surface area contributed by atoms with Crippen LogP contribution in [0.4, 0.5) is 10.1 Å². The van der Waals surface area contributed by atoms with Crippen LogP contribution in [0.3, 0.4) is 0 Å². The van der Waals surface area contributed by atoms with Crippen LogP contribution in [-0.4, -0.2) is 5.97 Å². The molecule has 3 nitrogen and oxygen atoms in total. The lowest BCUT2D eigenvalue weighted by molar-refractivity contribution is -0.134. The van der Waals surface area contributed by atoms with Crippen molar-refractivity contribution in [3.8, 4) is 5.75 Å². The second-order valence-electron chi connectivity index (χ2n) is 2.88. The number of ether oxygens (including phenoxy) is 1. The molecule has 1 aromatic carbocycles. The van der Waals surface area contributed by atoms with E-state index in [0.717, 1.165) is 0 Å². The molecule has 0 aromatic heterocycles. The van der Waals surface area contributed by atoms with E-state index in [4.69, 9.17) is 10.5 Å². The van der Waals surface area contributed by atoms with E-state index in [0.29, 0.717) is 6.42 Å². The van der Waals surface area contributed by atoms with E-state index in [1.54, 1.807) is 0 Å². The Morgan fingerprint density at radius 3 is 2.73 bits per heavy atom. The Morgan fingerprint density at radius 2 is 2.20 bits per heavy atom. The summed E-state index contributed by atoms with van der Waals surface area (Å²) in [6.45, 7) is 1.84. The molecule has 0 unspecified atom stereocenters. The van der Waals surface area contributed by atoms with Gasteiger partial charge in [0.05, 0.1) is 5.69 Å². The number of nitrogens with two attached hydrogens (primary N) is 1. The summed E-state index contributed by atoms with van der Waals surface area (Å²) in [5.74, 6) is -1.26. The van der Waals surface area contributed by atoms with Crippen molar-refractivity contribution in [1.29, 1.82) is 0 Å². The first kappa shape index (κ1) is 13.7. The molecule has 0 atom stereocenters. The van der Waals surface area contributed by atoms with Crippen molar-refractivity contribution < 1.29 is 13.9 Å². The van der Waals surface area contributed by atoms with E-state index in [2.05, 4.69) is 0 Å². The number of hydrogen-bond acceptors (Lipinski definition) is 3. The molecule has 0 saturated heterocycles. The molecule has 2 N–H and O–H groups in total. The molecule has 1 aromatic rings. The number of hydrogen-bond donors (Lipinski definition) is 1. The molecule has 0 bridgehead atoms. The van der Waals surface area contributed by atoms with Gasteiger partial charge in [-0.05, 0) is 18.6 Å². The second kappa shape index (κ2) is 6.24. The maximum absolute atomic E-state index is 13.1. The summed E-state index contributed by atoms with van der Waals surface area (Å²) in [6, 6.07) is 4.14. The van der Waals surface area contributed by atoms with Gasteiger partial charge < -0.3 is 10.5 Å². The highest BCUT2D eigenvalue weighted by molar-refractivity contribution is 5.85. The van der Waals surface area contributed by atoms with E-state index < -0.39 is 11.8 Å². The lowest BCUT2D eigenvalue weighted by Gasteiger charge is -2.06. The van der Waals surface area contributed by atoms with Gasteiger partial charge in [-0.3, -0.25) is 4.79 Å². The minimum Gasteiger partial charge on any atom is -0.421 e. The Kier molecular flexibility index (Phi) is 5.70. The van der Waals surface area contributed by atoms with Crippen molar-refractivity contribution in [2.75, 3.05) is 5.73 Å². The van der Waals surface area contributed by atoms with Crippen molar-refractivity contribution in [1.82, 2.24) is 0 Å². The molecule has 1 rings (SSSR count). The fraction of sp³-hybridized carbons (Fsp3) is 0.300. The number of carbonyl (C=O) groups excluding carboxylic acids is 1. The SMILES string of the molecule is CCCC(=O)Oc1c(N)cccc1F.Cl. The molecule has 0 radical (unpaired) electrons. The quantitative estimate of drug-likeness (QED) is 0.496. The second-order valence-corrected chi connectivity index (χ2v) is 2.88. The number of anilines is 1. The topological polar surface area (TPSA) is 52.3 Å². The predicted molar refractivity (Wildman–Crippen MR) is 58.6 cm³/mol. The van der Waals surface area contributed by atoms with Crippen LogP contribution in [0.15, 0.2) is 18.2 Å². The highest BCUT2D eigenvalue weighted by atomic mass is 35.5. The lowest BCUT2D eigenvalue weighted by atomic mass is 10.3. The number of rotatable bonds is 3. The first-order valence-corrected chi connectivity index (χ1v) is 4.39. The largest absolute Gasteiger partial charge is 0.421 e. The lowest BCUT2D eigenvalue weighted by Crippen LogP contribution is -2.09. The van der Waals surface area contributed by atoms with Crippen molar-refractivity contribution in [3.05, 3.63) is 24.0 Å². The molecular weight excluding hydrogens is 221 g/mol. The summed E-state index contributed by atoms with van der Waals surface area (Å²) in [5.41, 5.74) is 5.58. The van der Waals surface area contributed by atoms with Crippen LogP contribution in [-0.2, 0) is 4.79 Å². The first-order chi connectivity index (χ1) is 6.65. The number of para-hydroxylation sites is 1. The van der Waals surface area contributed by atoms with Crippen molar-refractivity contribution in [3.63, 3.8) is 0 Å². The summed E-state index contributed by atoms with van der Waals surface area (Å²) in [5, 5.41) is 0. The van der Waals surface area contributed by atoms with Crippen LogP contribution >= 0.6 is 12.4 Å². The molecule has 0 saturated carbocycles. The van der Waals surface area contributed by atoms with E-state index in [9.17, 15) is 9.18 Å². The van der Waals surface area contributed by atoms with Crippen LogP contribution in [0.2, 0.25) is 0 Å². The summed E-state index contributed by atoms with van der Waals surface area (Å²) >= 11 is 0. The van der Waals surface area contributed by atoms with Gasteiger partial charge in [-0.15, -0.1) is 12.4 Å². The molecule has 0 aliphatic rings. The average Bonchev–Trinajstić information content (AvgIpc) is 2.12. The molecule has 15 heavy (non-hydrogen) atoms. The molecular formula is C10H13ClFNO2. The number of esters is 1. The third-order valence-electron chi connectivity index (χ3n) is 1.67. The zero-order chi connectivity index (χ0) is 10.6. The maximum atomic E-state index is 13.1. The smallest absolute Gasteiger partial charge is 0.311 e. The summed E-state index contributed by atoms with van der Waals surface area (Å²) in [7, 11) is 0. The van der Waals surface area contributed by atoms with Gasteiger partial charge in [0.1, 0.15) is 0 Å². The van der Waals surface area contributed by atoms with Gasteiger partial charge in [-0.2, -0.15) is 0 Å². The van der Waals surface area contributed by atoms with Crippen LogP contribution in [0, 0.1) is 5.82 Å². The predicted octanol–water partition coefficient (Wildman–Crippen LogP) is 2.54. The van der Waals surface area contributed by atoms with Gasteiger partial charge in [0.25, 0.3) is 0 Å². The van der Waals surface area contributed by atoms with Crippen molar-refractivity contribution >= 4 is 24.1 Å². The zero-order valence-electron chi connectivity index (χ0n) is 8.33. The molecule has 0 fully saturated rings. The summed E-state index contributed by atoms with van der Waals surface area (Å²) < 4.78 is 17.9. The zero-order valence-corrected chi connectivity index (χ0v) is 9.14. The Morgan fingerprint density at radius 1 is 1.53 bits per heavy atom. The Bertz CT molecular complexity index is 324. The molecule has 0 spiro atoms. The van der Waals surface area contributed by atoms with E-state index in [-0.39, 0.29) is 30.3 Å². The highest BCUT2D eigenvalue weighted by Gasteiger charge is 2.11. The van der Waals surface area contributed by atoms with Gasteiger partial charge >= 0.3 is 5.97 Å².